The number of hydrogen-bond acceptors (Lipinski definition) is 5. The lowest BCUT2D eigenvalue weighted by Gasteiger charge is -2.02. The predicted molar refractivity (Wildman–Crippen MR) is 52.7 cm³/mol. The summed E-state index contributed by atoms with van der Waals surface area (Å²) in [6, 6.07) is 3.15. The highest BCUT2D eigenvalue weighted by Gasteiger charge is 2.08. The van der Waals surface area contributed by atoms with Gasteiger partial charge in [0.2, 0.25) is 0 Å². The first-order valence-corrected chi connectivity index (χ1v) is 4.13. The zero-order chi connectivity index (χ0) is 11.8. The van der Waals surface area contributed by atoms with Crippen molar-refractivity contribution in [2.24, 2.45) is 0 Å². The first-order chi connectivity index (χ1) is 7.01. The Labute approximate surface area is 87.3 Å². The van der Waals surface area contributed by atoms with Crippen LogP contribution in [0, 0.1) is 32.8 Å². The summed E-state index contributed by atoms with van der Waals surface area (Å²) in [5.41, 5.74) is -0.620. The van der Waals surface area contributed by atoms with E-state index in [0.717, 1.165) is 6.08 Å². The number of nitriles is 2. The zero-order valence-corrected chi connectivity index (χ0v) is 8.39. The number of nitrogens with zero attached hydrogens (tertiary/aromatic N) is 3. The summed E-state index contributed by atoms with van der Waals surface area (Å²) in [4.78, 5) is 9.85. The normalized spacial score (nSPS) is 10.1. The summed E-state index contributed by atoms with van der Waals surface area (Å²) in [6.07, 6.45) is 2.09. The highest BCUT2D eigenvalue weighted by Crippen LogP contribution is 2.01. The van der Waals surface area contributed by atoms with Crippen LogP contribution >= 0.6 is 0 Å². The second kappa shape index (κ2) is 6.17. The van der Waals surface area contributed by atoms with Crippen LogP contribution in [0.4, 0.5) is 0 Å². The minimum Gasteiger partial charge on any atom is -0.383 e. The van der Waals surface area contributed by atoms with Gasteiger partial charge in [-0.2, -0.15) is 10.5 Å². The zero-order valence-electron chi connectivity index (χ0n) is 8.39. The molecule has 6 heteroatoms. The van der Waals surface area contributed by atoms with E-state index in [2.05, 4.69) is 5.32 Å². The van der Waals surface area contributed by atoms with Crippen LogP contribution in [0.5, 0.6) is 0 Å². The summed E-state index contributed by atoms with van der Waals surface area (Å²) in [7, 11) is 0. The Morgan fingerprint density at radius 1 is 1.47 bits per heavy atom. The smallest absolute Gasteiger partial charge is 0.286 e. The molecule has 0 rings (SSSR count). The Morgan fingerprint density at radius 2 is 2.00 bits per heavy atom. The number of rotatable bonds is 4. The fraction of sp³-hybridized carbons (Fsp3) is 0.333. The highest BCUT2D eigenvalue weighted by atomic mass is 16.6. The van der Waals surface area contributed by atoms with Crippen molar-refractivity contribution >= 4 is 0 Å². The third-order valence-electron chi connectivity index (χ3n) is 1.31. The molecule has 15 heavy (non-hydrogen) atoms. The summed E-state index contributed by atoms with van der Waals surface area (Å²) < 4.78 is 0. The average Bonchev–Trinajstić information content (AvgIpc) is 2.17. The number of allylic oxidation sites excluding steroid dienone is 2. The van der Waals surface area contributed by atoms with E-state index >= 15 is 0 Å². The van der Waals surface area contributed by atoms with Gasteiger partial charge in [-0.25, -0.2) is 0 Å². The number of hydrogen-bond donors (Lipinski definition) is 1. The molecule has 0 saturated heterocycles. The van der Waals surface area contributed by atoms with E-state index in [1.165, 1.54) is 6.20 Å². The molecule has 0 amide bonds. The summed E-state index contributed by atoms with van der Waals surface area (Å²) in [6.45, 7) is 3.63. The Balaban J connectivity index is 4.95. The second-order valence-electron chi connectivity index (χ2n) is 2.93. The maximum Gasteiger partial charge on any atom is 0.286 e. The summed E-state index contributed by atoms with van der Waals surface area (Å²) in [5, 5.41) is 30.1. The minimum atomic E-state index is -0.663. The summed E-state index contributed by atoms with van der Waals surface area (Å²) >= 11 is 0. The molecule has 78 valence electrons. The van der Waals surface area contributed by atoms with Crippen LogP contribution in [0.25, 0.3) is 0 Å². The first-order valence-electron chi connectivity index (χ1n) is 4.13. The van der Waals surface area contributed by atoms with Crippen molar-refractivity contribution in [2.75, 3.05) is 0 Å². The van der Waals surface area contributed by atoms with Crippen LogP contribution in [0.3, 0.4) is 0 Å². The molecule has 0 radical (unpaired) electrons. The average molecular weight is 206 g/mol. The third kappa shape index (κ3) is 5.06. The molecule has 0 aliphatic rings. The van der Waals surface area contributed by atoms with Crippen molar-refractivity contribution in [2.45, 2.75) is 19.9 Å². The minimum absolute atomic E-state index is 0.0426. The van der Waals surface area contributed by atoms with E-state index in [1.807, 2.05) is 13.8 Å². The Kier molecular flexibility index (Phi) is 5.20. The number of nitro groups is 1. The van der Waals surface area contributed by atoms with Gasteiger partial charge >= 0.3 is 0 Å². The van der Waals surface area contributed by atoms with E-state index in [0.29, 0.717) is 0 Å². The molecule has 6 nitrogen and oxygen atoms in total. The lowest BCUT2D eigenvalue weighted by molar-refractivity contribution is -0.419. The monoisotopic (exact) mass is 206 g/mol. The molecule has 0 aromatic carbocycles. The van der Waals surface area contributed by atoms with Crippen molar-refractivity contribution in [1.82, 2.24) is 5.32 Å². The van der Waals surface area contributed by atoms with Gasteiger partial charge < -0.3 is 5.32 Å². The van der Waals surface area contributed by atoms with Crippen molar-refractivity contribution < 1.29 is 4.92 Å². The molecule has 0 aromatic rings. The van der Waals surface area contributed by atoms with Crippen LogP contribution in [0.15, 0.2) is 23.5 Å². The quantitative estimate of drug-likeness (QED) is 0.321. The van der Waals surface area contributed by atoms with Gasteiger partial charge in [0, 0.05) is 12.1 Å². The number of nitrogens with one attached hydrogen (secondary N) is 1. The topological polar surface area (TPSA) is 103 Å². The van der Waals surface area contributed by atoms with Crippen molar-refractivity contribution in [3.63, 3.8) is 0 Å². The van der Waals surface area contributed by atoms with Crippen LogP contribution in [-0.4, -0.2) is 11.0 Å². The lowest BCUT2D eigenvalue weighted by Crippen LogP contribution is -2.17. The van der Waals surface area contributed by atoms with Crippen molar-refractivity contribution in [1.29, 1.82) is 10.5 Å². The largest absolute Gasteiger partial charge is 0.383 e. The Hall–Kier alpha value is -2.34. The molecule has 0 heterocycles. The first kappa shape index (κ1) is 12.7. The van der Waals surface area contributed by atoms with E-state index in [-0.39, 0.29) is 17.3 Å². The van der Waals surface area contributed by atoms with Crippen LogP contribution in [0.2, 0.25) is 0 Å². The molecule has 0 unspecified atom stereocenters. The van der Waals surface area contributed by atoms with Crippen molar-refractivity contribution in [3.8, 4) is 12.1 Å². The van der Waals surface area contributed by atoms with Gasteiger partial charge in [0.05, 0.1) is 11.1 Å². The molecule has 0 spiro atoms. The van der Waals surface area contributed by atoms with E-state index in [9.17, 15) is 10.1 Å². The predicted octanol–water partition coefficient (Wildman–Crippen LogP) is 1.08. The maximum absolute atomic E-state index is 10.5. The molecule has 0 aliphatic heterocycles. The fourth-order valence-corrected chi connectivity index (χ4v) is 0.637. The third-order valence-corrected chi connectivity index (χ3v) is 1.31. The molecule has 0 aliphatic carbocycles. The van der Waals surface area contributed by atoms with E-state index in [1.54, 1.807) is 12.1 Å². The molecular weight excluding hydrogens is 196 g/mol. The highest BCUT2D eigenvalue weighted by molar-refractivity contribution is 5.39. The summed E-state index contributed by atoms with van der Waals surface area (Å²) in [5.74, 6) is 0. The SMILES string of the molecule is CC(C)NC=C(C=C(C#N)C#N)[N+](=O)[O-]. The molecule has 0 aromatic heterocycles. The molecule has 0 atom stereocenters. The maximum atomic E-state index is 10.5. The standard InChI is InChI=1S/C9H10N4O2/c1-7(2)12-6-9(13(14)15)3-8(4-10)5-11/h3,6-7,12H,1-2H3. The Morgan fingerprint density at radius 3 is 2.33 bits per heavy atom. The molecule has 0 saturated carbocycles. The van der Waals surface area contributed by atoms with E-state index < -0.39 is 4.92 Å². The van der Waals surface area contributed by atoms with Gasteiger partial charge in [0.25, 0.3) is 5.70 Å². The molecular formula is C9H10N4O2. The van der Waals surface area contributed by atoms with E-state index in [4.69, 9.17) is 10.5 Å². The van der Waals surface area contributed by atoms with Gasteiger partial charge in [-0.3, -0.25) is 10.1 Å². The van der Waals surface area contributed by atoms with Gasteiger partial charge in [0.15, 0.2) is 0 Å². The van der Waals surface area contributed by atoms with Gasteiger partial charge in [0.1, 0.15) is 17.7 Å². The van der Waals surface area contributed by atoms with Crippen LogP contribution < -0.4 is 5.32 Å². The van der Waals surface area contributed by atoms with Gasteiger partial charge in [-0.15, -0.1) is 0 Å². The fourth-order valence-electron chi connectivity index (χ4n) is 0.637. The van der Waals surface area contributed by atoms with Crippen LogP contribution in [0.1, 0.15) is 13.8 Å². The lowest BCUT2D eigenvalue weighted by atomic mass is 10.2. The van der Waals surface area contributed by atoms with Gasteiger partial charge in [-0.05, 0) is 13.8 Å². The van der Waals surface area contributed by atoms with Crippen LogP contribution in [-0.2, 0) is 0 Å². The molecule has 0 fully saturated rings. The van der Waals surface area contributed by atoms with Gasteiger partial charge in [-0.1, -0.05) is 0 Å². The van der Waals surface area contributed by atoms with Crippen molar-refractivity contribution in [3.05, 3.63) is 33.7 Å². The molecule has 0 bridgehead atoms. The second-order valence-corrected chi connectivity index (χ2v) is 2.93. The molecule has 1 N–H and O–H groups in total. The Bertz CT molecular complexity index is 366.